The Morgan fingerprint density at radius 2 is 1.72 bits per heavy atom. The predicted octanol–water partition coefficient (Wildman–Crippen LogP) is 5.35. The molecule has 0 bridgehead atoms. The maximum atomic E-state index is 12.4. The second-order valence-corrected chi connectivity index (χ2v) is 6.30. The molecule has 0 aliphatic heterocycles. The van der Waals surface area contributed by atoms with E-state index in [1.54, 1.807) is 18.5 Å². The van der Waals surface area contributed by atoms with Crippen LogP contribution < -0.4 is 10.6 Å². The maximum absolute atomic E-state index is 12.4. The van der Waals surface area contributed by atoms with Gasteiger partial charge in [-0.1, -0.05) is 35.4 Å². The number of benzene rings is 2. The lowest BCUT2D eigenvalue weighted by atomic mass is 10.2. The monoisotopic (exact) mass is 351 g/mol. The van der Waals surface area contributed by atoms with Crippen LogP contribution in [-0.4, -0.2) is 10.9 Å². The maximum Gasteiger partial charge on any atom is 0.257 e. The lowest BCUT2D eigenvalue weighted by molar-refractivity contribution is 0.102. The topological polar surface area (TPSA) is 54.0 Å². The van der Waals surface area contributed by atoms with Crippen LogP contribution in [0.1, 0.15) is 21.5 Å². The smallest absolute Gasteiger partial charge is 0.257 e. The van der Waals surface area contributed by atoms with E-state index in [4.69, 9.17) is 11.6 Å². The minimum Gasteiger partial charge on any atom is -0.354 e. The van der Waals surface area contributed by atoms with Crippen molar-refractivity contribution in [1.29, 1.82) is 0 Å². The molecular formula is C20H18ClN3O. The van der Waals surface area contributed by atoms with Gasteiger partial charge < -0.3 is 10.6 Å². The summed E-state index contributed by atoms with van der Waals surface area (Å²) in [6, 6.07) is 15.0. The summed E-state index contributed by atoms with van der Waals surface area (Å²) in [5.41, 5.74) is 5.03. The predicted molar refractivity (Wildman–Crippen MR) is 103 cm³/mol. The average Bonchev–Trinajstić information content (AvgIpc) is 2.60. The first-order valence-electron chi connectivity index (χ1n) is 7.87. The number of aryl methyl sites for hydroxylation is 2. The van der Waals surface area contributed by atoms with E-state index < -0.39 is 0 Å². The van der Waals surface area contributed by atoms with Crippen molar-refractivity contribution in [3.63, 3.8) is 0 Å². The van der Waals surface area contributed by atoms with Gasteiger partial charge in [-0.3, -0.25) is 9.78 Å². The van der Waals surface area contributed by atoms with Crippen molar-refractivity contribution in [3.05, 3.63) is 82.6 Å². The van der Waals surface area contributed by atoms with E-state index in [2.05, 4.69) is 15.6 Å². The van der Waals surface area contributed by atoms with Gasteiger partial charge >= 0.3 is 0 Å². The Bertz CT molecular complexity index is 907. The Kier molecular flexibility index (Phi) is 5.00. The van der Waals surface area contributed by atoms with Gasteiger partial charge in [0.15, 0.2) is 0 Å². The summed E-state index contributed by atoms with van der Waals surface area (Å²) in [6.07, 6.45) is 3.21. The van der Waals surface area contributed by atoms with E-state index in [0.29, 0.717) is 10.6 Å². The number of carbonyl (C=O) groups is 1. The number of anilines is 3. The van der Waals surface area contributed by atoms with Crippen molar-refractivity contribution < 1.29 is 4.79 Å². The van der Waals surface area contributed by atoms with Gasteiger partial charge in [0, 0.05) is 22.6 Å². The Labute approximate surface area is 151 Å². The fourth-order valence-electron chi connectivity index (χ4n) is 2.36. The number of pyridine rings is 1. The zero-order chi connectivity index (χ0) is 17.8. The van der Waals surface area contributed by atoms with Crippen molar-refractivity contribution in [2.24, 2.45) is 0 Å². The van der Waals surface area contributed by atoms with Crippen molar-refractivity contribution in [3.8, 4) is 0 Å². The number of amides is 1. The minimum absolute atomic E-state index is 0.206. The van der Waals surface area contributed by atoms with Crippen LogP contribution >= 0.6 is 11.6 Å². The molecule has 0 saturated carbocycles. The first kappa shape index (κ1) is 17.0. The molecule has 2 aromatic carbocycles. The number of carbonyl (C=O) groups excluding carboxylic acids is 1. The number of aromatic nitrogens is 1. The molecule has 1 heterocycles. The summed E-state index contributed by atoms with van der Waals surface area (Å²) >= 11 is 6.05. The summed E-state index contributed by atoms with van der Waals surface area (Å²) in [5, 5.41) is 6.77. The second kappa shape index (κ2) is 7.36. The van der Waals surface area contributed by atoms with E-state index in [-0.39, 0.29) is 5.91 Å². The van der Waals surface area contributed by atoms with Crippen LogP contribution in [0.15, 0.2) is 60.9 Å². The van der Waals surface area contributed by atoms with Crippen molar-refractivity contribution in [2.75, 3.05) is 10.6 Å². The molecule has 3 rings (SSSR count). The summed E-state index contributed by atoms with van der Waals surface area (Å²) in [4.78, 5) is 16.6. The lowest BCUT2D eigenvalue weighted by Crippen LogP contribution is -2.12. The molecule has 0 aliphatic carbocycles. The third-order valence-corrected chi connectivity index (χ3v) is 4.02. The largest absolute Gasteiger partial charge is 0.354 e. The minimum atomic E-state index is -0.206. The van der Waals surface area contributed by atoms with Crippen molar-refractivity contribution in [1.82, 2.24) is 4.98 Å². The van der Waals surface area contributed by atoms with Crippen LogP contribution in [-0.2, 0) is 0 Å². The van der Waals surface area contributed by atoms with Crippen molar-refractivity contribution in [2.45, 2.75) is 13.8 Å². The number of hydrogen-bond acceptors (Lipinski definition) is 3. The van der Waals surface area contributed by atoms with E-state index in [1.807, 2.05) is 56.3 Å². The third-order valence-electron chi connectivity index (χ3n) is 3.79. The van der Waals surface area contributed by atoms with Gasteiger partial charge in [0.25, 0.3) is 5.91 Å². The molecule has 4 nitrogen and oxygen atoms in total. The molecule has 0 unspecified atom stereocenters. The zero-order valence-corrected chi connectivity index (χ0v) is 14.8. The zero-order valence-electron chi connectivity index (χ0n) is 14.0. The highest BCUT2D eigenvalue weighted by molar-refractivity contribution is 6.30. The molecule has 3 aromatic rings. The Morgan fingerprint density at radius 1 is 0.960 bits per heavy atom. The van der Waals surface area contributed by atoms with Gasteiger partial charge in [-0.2, -0.15) is 0 Å². The van der Waals surface area contributed by atoms with Crippen LogP contribution in [0, 0.1) is 13.8 Å². The molecule has 0 radical (unpaired) electrons. The van der Waals surface area contributed by atoms with Crippen LogP contribution in [0.5, 0.6) is 0 Å². The van der Waals surface area contributed by atoms with Gasteiger partial charge in [0.2, 0.25) is 0 Å². The SMILES string of the molecule is Cc1ccc(NC(=O)c2cncc(Nc3cc(Cl)ccc3C)c2)cc1. The molecule has 5 heteroatoms. The van der Waals surface area contributed by atoms with Crippen LogP contribution in [0.3, 0.4) is 0 Å². The number of hydrogen-bond donors (Lipinski definition) is 2. The van der Waals surface area contributed by atoms with Crippen LogP contribution in [0.4, 0.5) is 17.1 Å². The molecule has 25 heavy (non-hydrogen) atoms. The molecule has 2 N–H and O–H groups in total. The summed E-state index contributed by atoms with van der Waals surface area (Å²) in [7, 11) is 0. The number of nitrogens with one attached hydrogen (secondary N) is 2. The summed E-state index contributed by atoms with van der Waals surface area (Å²) < 4.78 is 0. The lowest BCUT2D eigenvalue weighted by Gasteiger charge is -2.11. The molecule has 0 atom stereocenters. The molecule has 0 spiro atoms. The van der Waals surface area contributed by atoms with Gasteiger partial charge in [-0.15, -0.1) is 0 Å². The molecular weight excluding hydrogens is 334 g/mol. The second-order valence-electron chi connectivity index (χ2n) is 5.87. The Balaban J connectivity index is 1.77. The number of halogens is 1. The first-order chi connectivity index (χ1) is 12.0. The molecule has 0 saturated heterocycles. The first-order valence-corrected chi connectivity index (χ1v) is 8.25. The molecule has 1 amide bonds. The third kappa shape index (κ3) is 4.37. The summed E-state index contributed by atoms with van der Waals surface area (Å²) in [5.74, 6) is -0.206. The normalized spacial score (nSPS) is 10.4. The van der Waals surface area contributed by atoms with Crippen molar-refractivity contribution >= 4 is 34.6 Å². The standard InChI is InChI=1S/C20H18ClN3O/c1-13-3-7-17(8-4-13)24-20(25)15-9-18(12-22-11-15)23-19-10-16(21)6-5-14(19)2/h3-12,23H,1-2H3,(H,24,25). The van der Waals surface area contributed by atoms with E-state index in [9.17, 15) is 4.79 Å². The van der Waals surface area contributed by atoms with Gasteiger partial charge in [0.1, 0.15) is 0 Å². The fourth-order valence-corrected chi connectivity index (χ4v) is 2.53. The van der Waals surface area contributed by atoms with E-state index >= 15 is 0 Å². The highest BCUT2D eigenvalue weighted by Crippen LogP contribution is 2.24. The number of nitrogens with zero attached hydrogens (tertiary/aromatic N) is 1. The summed E-state index contributed by atoms with van der Waals surface area (Å²) in [6.45, 7) is 3.99. The molecule has 0 fully saturated rings. The quantitative estimate of drug-likeness (QED) is 0.666. The average molecular weight is 352 g/mol. The van der Waals surface area contributed by atoms with Gasteiger partial charge in [-0.05, 0) is 49.7 Å². The Hall–Kier alpha value is -2.85. The fraction of sp³-hybridized carbons (Fsp3) is 0.100. The number of rotatable bonds is 4. The molecule has 126 valence electrons. The van der Waals surface area contributed by atoms with Crippen LogP contribution in [0.25, 0.3) is 0 Å². The molecule has 0 aliphatic rings. The van der Waals surface area contributed by atoms with Gasteiger partial charge in [0.05, 0.1) is 17.4 Å². The highest BCUT2D eigenvalue weighted by Gasteiger charge is 2.08. The molecule has 1 aromatic heterocycles. The Morgan fingerprint density at radius 3 is 2.48 bits per heavy atom. The van der Waals surface area contributed by atoms with E-state index in [1.165, 1.54) is 0 Å². The van der Waals surface area contributed by atoms with Gasteiger partial charge in [-0.25, -0.2) is 0 Å². The highest BCUT2D eigenvalue weighted by atomic mass is 35.5. The van der Waals surface area contributed by atoms with E-state index in [0.717, 1.165) is 28.2 Å². The van der Waals surface area contributed by atoms with Crippen LogP contribution in [0.2, 0.25) is 5.02 Å².